The number of fused-ring (bicyclic) bond motifs is 1. The van der Waals surface area contributed by atoms with Crippen molar-refractivity contribution in [1.82, 2.24) is 4.98 Å². The van der Waals surface area contributed by atoms with Gasteiger partial charge in [0.25, 0.3) is 0 Å². The molecule has 112 valence electrons. The number of para-hydroxylation sites is 1. The molecule has 21 heavy (non-hydrogen) atoms. The first-order chi connectivity index (χ1) is 9.66. The zero-order valence-corrected chi connectivity index (χ0v) is 12.3. The fourth-order valence-electron chi connectivity index (χ4n) is 2.72. The maximum absolute atomic E-state index is 11.1. The fourth-order valence-corrected chi connectivity index (χ4v) is 2.72. The van der Waals surface area contributed by atoms with Crippen LogP contribution in [0.4, 0.5) is 5.69 Å². The molecular weight excluding hydrogens is 292 g/mol. The summed E-state index contributed by atoms with van der Waals surface area (Å²) in [5.74, 6) is -1.16. The minimum Gasteiger partial charge on any atom is -0.507 e. The summed E-state index contributed by atoms with van der Waals surface area (Å²) in [7, 11) is 0. The number of aromatic nitrogens is 1. The van der Waals surface area contributed by atoms with Gasteiger partial charge in [-0.25, -0.2) is 9.78 Å². The molecule has 1 fully saturated rings. The number of piperidine rings is 1. The van der Waals surface area contributed by atoms with Crippen LogP contribution in [0, 0.1) is 0 Å². The molecular formula is C15H17ClN2O3. The first-order valence-electron chi connectivity index (χ1n) is 6.78. The Hall–Kier alpha value is -2.01. The van der Waals surface area contributed by atoms with Crippen LogP contribution in [0.1, 0.15) is 29.8 Å². The molecule has 2 heterocycles. The number of carboxylic acid groups (broad SMARTS) is 1. The molecule has 1 saturated heterocycles. The number of carboxylic acids is 1. The highest BCUT2D eigenvalue weighted by atomic mass is 35.5. The predicted molar refractivity (Wildman–Crippen MR) is 83.7 cm³/mol. The van der Waals surface area contributed by atoms with Gasteiger partial charge in [-0.2, -0.15) is 0 Å². The largest absolute Gasteiger partial charge is 0.507 e. The second kappa shape index (κ2) is 6.18. The minimum absolute atomic E-state index is 0. The molecule has 0 amide bonds. The van der Waals surface area contributed by atoms with Gasteiger partial charge in [-0.05, 0) is 31.4 Å². The van der Waals surface area contributed by atoms with Gasteiger partial charge < -0.3 is 15.1 Å². The number of aromatic hydroxyl groups is 1. The van der Waals surface area contributed by atoms with E-state index in [0.29, 0.717) is 10.9 Å². The van der Waals surface area contributed by atoms with Crippen LogP contribution in [0.25, 0.3) is 10.9 Å². The highest BCUT2D eigenvalue weighted by Crippen LogP contribution is 2.32. The Morgan fingerprint density at radius 1 is 1.19 bits per heavy atom. The normalized spacial score (nSPS) is 14.8. The van der Waals surface area contributed by atoms with Gasteiger partial charge in [0.05, 0.1) is 11.2 Å². The first-order valence-corrected chi connectivity index (χ1v) is 6.78. The van der Waals surface area contributed by atoms with Crippen LogP contribution in [0.2, 0.25) is 0 Å². The molecule has 1 aliphatic heterocycles. The second-order valence-corrected chi connectivity index (χ2v) is 5.05. The number of aromatic carboxylic acids is 1. The molecule has 6 heteroatoms. The third-order valence-corrected chi connectivity index (χ3v) is 3.71. The number of anilines is 1. The molecule has 0 radical (unpaired) electrons. The van der Waals surface area contributed by atoms with Crippen molar-refractivity contribution in [3.05, 3.63) is 30.0 Å². The first kappa shape index (κ1) is 15.4. The van der Waals surface area contributed by atoms with Gasteiger partial charge in [0, 0.05) is 24.5 Å². The van der Waals surface area contributed by atoms with E-state index >= 15 is 0 Å². The van der Waals surface area contributed by atoms with Crippen LogP contribution in [0.15, 0.2) is 24.3 Å². The van der Waals surface area contributed by atoms with E-state index in [2.05, 4.69) is 9.88 Å². The standard InChI is InChI=1S/C15H16N2O3.ClH/c18-13-9-11(15(19)20)16-14-10(13)5-4-6-12(14)17-7-2-1-3-8-17;/h4-6,9H,1-3,7-8H2,(H,16,18)(H,19,20);1H. The SMILES string of the molecule is Cl.O=C(O)c1cc(O)c2cccc(N3CCCCC3)c2n1. The Kier molecular flexibility index (Phi) is 4.53. The molecule has 1 aliphatic rings. The van der Waals surface area contributed by atoms with Gasteiger partial charge in [-0.15, -0.1) is 12.4 Å². The van der Waals surface area contributed by atoms with Crippen LogP contribution >= 0.6 is 12.4 Å². The van der Waals surface area contributed by atoms with Crippen LogP contribution in [-0.2, 0) is 0 Å². The van der Waals surface area contributed by atoms with E-state index in [1.54, 1.807) is 6.07 Å². The van der Waals surface area contributed by atoms with Crippen LogP contribution < -0.4 is 4.90 Å². The van der Waals surface area contributed by atoms with Crippen molar-refractivity contribution in [1.29, 1.82) is 0 Å². The number of benzene rings is 1. The average Bonchev–Trinajstić information content (AvgIpc) is 2.47. The number of hydrogen-bond donors (Lipinski definition) is 2. The molecule has 0 spiro atoms. The van der Waals surface area contributed by atoms with E-state index < -0.39 is 5.97 Å². The van der Waals surface area contributed by atoms with E-state index in [4.69, 9.17) is 5.11 Å². The molecule has 2 N–H and O–H groups in total. The van der Waals surface area contributed by atoms with Gasteiger partial charge in [-0.3, -0.25) is 0 Å². The van der Waals surface area contributed by atoms with Crippen LogP contribution in [0.5, 0.6) is 5.75 Å². The molecule has 3 rings (SSSR count). The lowest BCUT2D eigenvalue weighted by atomic mass is 10.1. The number of hydrogen-bond acceptors (Lipinski definition) is 4. The quantitative estimate of drug-likeness (QED) is 0.892. The summed E-state index contributed by atoms with van der Waals surface area (Å²) in [6.07, 6.45) is 3.47. The fraction of sp³-hybridized carbons (Fsp3) is 0.333. The summed E-state index contributed by atoms with van der Waals surface area (Å²) in [4.78, 5) is 17.5. The molecule has 0 saturated carbocycles. The van der Waals surface area contributed by atoms with Crippen molar-refractivity contribution in [2.24, 2.45) is 0 Å². The smallest absolute Gasteiger partial charge is 0.354 e. The van der Waals surface area contributed by atoms with Gasteiger partial charge in [0.1, 0.15) is 5.75 Å². The molecule has 1 aromatic carbocycles. The summed E-state index contributed by atoms with van der Waals surface area (Å²) < 4.78 is 0. The van der Waals surface area contributed by atoms with Crippen molar-refractivity contribution in [2.45, 2.75) is 19.3 Å². The van der Waals surface area contributed by atoms with Crippen molar-refractivity contribution in [3.63, 3.8) is 0 Å². The Bertz CT molecular complexity index is 669. The molecule has 1 aromatic heterocycles. The molecule has 0 atom stereocenters. The van der Waals surface area contributed by atoms with E-state index in [1.807, 2.05) is 12.1 Å². The van der Waals surface area contributed by atoms with Gasteiger partial charge in [-0.1, -0.05) is 6.07 Å². The lowest BCUT2D eigenvalue weighted by Crippen LogP contribution is -2.29. The van der Waals surface area contributed by atoms with Gasteiger partial charge >= 0.3 is 5.97 Å². The monoisotopic (exact) mass is 308 g/mol. The summed E-state index contributed by atoms with van der Waals surface area (Å²) in [5, 5.41) is 19.7. The van der Waals surface area contributed by atoms with E-state index in [0.717, 1.165) is 31.6 Å². The Balaban J connectivity index is 0.00000161. The van der Waals surface area contributed by atoms with Crippen molar-refractivity contribution in [2.75, 3.05) is 18.0 Å². The Labute approximate surface area is 128 Å². The van der Waals surface area contributed by atoms with Crippen molar-refractivity contribution in [3.8, 4) is 5.75 Å². The Morgan fingerprint density at radius 3 is 2.57 bits per heavy atom. The minimum atomic E-state index is -1.13. The van der Waals surface area contributed by atoms with E-state index in [9.17, 15) is 9.90 Å². The predicted octanol–water partition coefficient (Wildman–Crippen LogP) is 3.05. The second-order valence-electron chi connectivity index (χ2n) is 5.05. The van der Waals surface area contributed by atoms with Gasteiger partial charge in [0.2, 0.25) is 0 Å². The third-order valence-electron chi connectivity index (χ3n) is 3.71. The summed E-state index contributed by atoms with van der Waals surface area (Å²) in [6.45, 7) is 1.89. The zero-order valence-electron chi connectivity index (χ0n) is 11.5. The lowest BCUT2D eigenvalue weighted by molar-refractivity contribution is 0.0690. The third kappa shape index (κ3) is 2.88. The highest BCUT2D eigenvalue weighted by Gasteiger charge is 2.17. The summed E-state index contributed by atoms with van der Waals surface area (Å²) >= 11 is 0. The lowest BCUT2D eigenvalue weighted by Gasteiger charge is -2.29. The van der Waals surface area contributed by atoms with Gasteiger partial charge in [0.15, 0.2) is 5.69 Å². The van der Waals surface area contributed by atoms with E-state index in [-0.39, 0.29) is 23.9 Å². The zero-order chi connectivity index (χ0) is 14.1. The molecule has 0 unspecified atom stereocenters. The average molecular weight is 309 g/mol. The van der Waals surface area contributed by atoms with Crippen LogP contribution in [0.3, 0.4) is 0 Å². The number of carbonyl (C=O) groups is 1. The van der Waals surface area contributed by atoms with Crippen LogP contribution in [-0.4, -0.2) is 34.3 Å². The number of rotatable bonds is 2. The molecule has 0 aliphatic carbocycles. The molecule has 5 nitrogen and oxygen atoms in total. The van der Waals surface area contributed by atoms with E-state index in [1.165, 1.54) is 12.5 Å². The number of nitrogens with zero attached hydrogens (tertiary/aromatic N) is 2. The van der Waals surface area contributed by atoms with Crippen molar-refractivity contribution >= 4 is 35.0 Å². The number of halogens is 1. The van der Waals surface area contributed by atoms with Crippen molar-refractivity contribution < 1.29 is 15.0 Å². The topological polar surface area (TPSA) is 73.7 Å². The highest BCUT2D eigenvalue weighted by molar-refractivity contribution is 5.98. The maximum Gasteiger partial charge on any atom is 0.354 e. The summed E-state index contributed by atoms with van der Waals surface area (Å²) in [6, 6.07) is 6.77. The maximum atomic E-state index is 11.1. The summed E-state index contributed by atoms with van der Waals surface area (Å²) in [5.41, 5.74) is 1.34. The molecule has 2 aromatic rings. The Morgan fingerprint density at radius 2 is 1.90 bits per heavy atom. The number of pyridine rings is 1. The molecule has 0 bridgehead atoms.